The highest BCUT2D eigenvalue weighted by atomic mass is 16.5. The normalized spacial score (nSPS) is 31.0. The second-order valence-corrected chi connectivity index (χ2v) is 9.22. The van der Waals surface area contributed by atoms with Gasteiger partial charge in [0.05, 0.1) is 12.6 Å². The molecule has 4 atom stereocenters. The summed E-state index contributed by atoms with van der Waals surface area (Å²) in [6.45, 7) is 1.74. The monoisotopic (exact) mass is 484 g/mol. The predicted molar refractivity (Wildman–Crippen MR) is 124 cm³/mol. The predicted octanol–water partition coefficient (Wildman–Crippen LogP) is -2.83. The molecule has 1 spiro atoms. The number of amides is 3. The van der Waals surface area contributed by atoms with Gasteiger partial charge in [-0.05, 0) is 24.1 Å². The summed E-state index contributed by atoms with van der Waals surface area (Å²) in [5.41, 5.74) is 11.8. The lowest BCUT2D eigenvalue weighted by Crippen LogP contribution is -2.78. The van der Waals surface area contributed by atoms with Gasteiger partial charge < -0.3 is 37.2 Å². The number of hydrogen-bond donors (Lipinski definition) is 6. The molecule has 2 fully saturated rings. The molecule has 8 N–H and O–H groups in total. The molecule has 0 aliphatic carbocycles. The lowest BCUT2D eigenvalue weighted by Gasteiger charge is -2.49. The average molecular weight is 485 g/mol. The van der Waals surface area contributed by atoms with Gasteiger partial charge in [0.15, 0.2) is 17.6 Å². The van der Waals surface area contributed by atoms with Crippen molar-refractivity contribution in [2.75, 3.05) is 13.1 Å². The second-order valence-electron chi connectivity index (χ2n) is 9.22. The molecule has 0 bridgehead atoms. The van der Waals surface area contributed by atoms with Gasteiger partial charge in [0.1, 0.15) is 12.1 Å². The van der Waals surface area contributed by atoms with Gasteiger partial charge in [0.25, 0.3) is 5.91 Å². The van der Waals surface area contributed by atoms with Gasteiger partial charge in [-0.2, -0.15) is 0 Å². The molecule has 0 aromatic heterocycles. The molecular formula is C22H28N8O5. The molecule has 1 aromatic rings. The molecule has 1 aromatic carbocycles. The minimum Gasteiger partial charge on any atom is -0.370 e. The number of guanidine groups is 2. The van der Waals surface area contributed by atoms with E-state index >= 15 is 0 Å². The molecule has 13 nitrogen and oxygen atoms in total. The number of hydrogen-bond acceptors (Lipinski definition) is 11. The van der Waals surface area contributed by atoms with Gasteiger partial charge in [-0.15, -0.1) is 0 Å². The molecule has 35 heavy (non-hydrogen) atoms. The Labute approximate surface area is 200 Å². The van der Waals surface area contributed by atoms with Crippen molar-refractivity contribution in [3.05, 3.63) is 35.4 Å². The molecule has 4 heterocycles. The highest BCUT2D eigenvalue weighted by molar-refractivity contribution is 6.02. The van der Waals surface area contributed by atoms with Crippen LogP contribution < -0.4 is 22.1 Å². The van der Waals surface area contributed by atoms with Gasteiger partial charge in [-0.1, -0.05) is 19.1 Å². The standard InChI is InChI=1S/C22H28N8O5/c1-2-11-4-3-5-12(8-11)18(33)26-14-10-30-20(24)25-13(9-29-15(31)6-7-16(29)32)17-21(30,22(14,34)35)28-19(23)27-17/h3-5,8,13-14,17,34-35H,2,6-7,9-10H2,1H3,(H2,24,25)(H,26,33)(H3,23,27,28)/t13-,14-,17?,21?/m0/s1. The van der Waals surface area contributed by atoms with Crippen molar-refractivity contribution < 1.29 is 24.6 Å². The molecule has 0 saturated carbocycles. The largest absolute Gasteiger partial charge is 0.370 e. The second kappa shape index (κ2) is 7.92. The van der Waals surface area contributed by atoms with Crippen LogP contribution in [-0.2, 0) is 16.0 Å². The summed E-state index contributed by atoms with van der Waals surface area (Å²) in [6.07, 6.45) is 0.950. The Kier molecular flexibility index (Phi) is 5.21. The third-order valence-electron chi connectivity index (χ3n) is 7.23. The number of benzene rings is 1. The van der Waals surface area contributed by atoms with Crippen LogP contribution in [0.15, 0.2) is 34.3 Å². The number of nitrogens with zero attached hydrogens (tertiary/aromatic N) is 4. The molecule has 0 radical (unpaired) electrons. The molecular weight excluding hydrogens is 456 g/mol. The number of rotatable bonds is 5. The van der Waals surface area contributed by atoms with Crippen LogP contribution in [0.4, 0.5) is 0 Å². The Morgan fingerprint density at radius 2 is 1.94 bits per heavy atom. The summed E-state index contributed by atoms with van der Waals surface area (Å²) in [4.78, 5) is 48.7. The maximum atomic E-state index is 13.0. The average Bonchev–Trinajstić information content (AvgIpc) is 3.42. The van der Waals surface area contributed by atoms with Crippen molar-refractivity contribution in [3.63, 3.8) is 0 Å². The van der Waals surface area contributed by atoms with Crippen LogP contribution in [0.3, 0.4) is 0 Å². The third kappa shape index (κ3) is 3.33. The van der Waals surface area contributed by atoms with Crippen LogP contribution in [0.2, 0.25) is 0 Å². The smallest absolute Gasteiger partial charge is 0.251 e. The van der Waals surface area contributed by atoms with Crippen LogP contribution >= 0.6 is 0 Å². The van der Waals surface area contributed by atoms with Crippen molar-refractivity contribution in [2.24, 2.45) is 21.5 Å². The van der Waals surface area contributed by atoms with Gasteiger partial charge in [0.2, 0.25) is 17.6 Å². The van der Waals surface area contributed by atoms with Crippen LogP contribution in [0, 0.1) is 0 Å². The quantitative estimate of drug-likeness (QED) is 0.188. The molecule has 4 aliphatic heterocycles. The number of aryl methyl sites for hydroxylation is 1. The zero-order valence-corrected chi connectivity index (χ0v) is 19.1. The fourth-order valence-corrected chi connectivity index (χ4v) is 5.42. The van der Waals surface area contributed by atoms with Crippen molar-refractivity contribution in [2.45, 2.75) is 55.8 Å². The molecule has 2 saturated heterocycles. The van der Waals surface area contributed by atoms with Crippen LogP contribution in [0.1, 0.15) is 35.7 Å². The zero-order valence-electron chi connectivity index (χ0n) is 19.1. The number of aliphatic imine (C=N–C) groups is 2. The Morgan fingerprint density at radius 3 is 2.63 bits per heavy atom. The summed E-state index contributed by atoms with van der Waals surface area (Å²) in [7, 11) is 0. The van der Waals surface area contributed by atoms with E-state index in [1.54, 1.807) is 18.2 Å². The van der Waals surface area contributed by atoms with E-state index in [-0.39, 0.29) is 49.7 Å². The lowest BCUT2D eigenvalue weighted by molar-refractivity contribution is -0.230. The SMILES string of the molecule is CCc1cccc(C(=O)N[C@H]2CN3C(N)=N[C@@H](CN4C(=O)CCC4=O)C4N=C(N)NC43C2(O)O)c1. The zero-order chi connectivity index (χ0) is 25.1. The number of imide groups is 1. The van der Waals surface area contributed by atoms with Gasteiger partial charge in [-0.3, -0.25) is 19.3 Å². The number of nitrogens with two attached hydrogens (primary N) is 2. The maximum Gasteiger partial charge on any atom is 0.251 e. The van der Waals surface area contributed by atoms with E-state index in [9.17, 15) is 24.6 Å². The number of carbonyl (C=O) groups excluding carboxylic acids is 3. The summed E-state index contributed by atoms with van der Waals surface area (Å²) < 4.78 is 0. The Bertz CT molecular complexity index is 1150. The third-order valence-corrected chi connectivity index (χ3v) is 7.23. The van der Waals surface area contributed by atoms with E-state index < -0.39 is 35.5 Å². The van der Waals surface area contributed by atoms with E-state index in [4.69, 9.17) is 11.5 Å². The van der Waals surface area contributed by atoms with Crippen molar-refractivity contribution in [3.8, 4) is 0 Å². The Morgan fingerprint density at radius 1 is 1.23 bits per heavy atom. The first-order chi connectivity index (χ1) is 16.6. The van der Waals surface area contributed by atoms with E-state index in [0.29, 0.717) is 5.56 Å². The van der Waals surface area contributed by atoms with E-state index in [1.165, 1.54) is 4.90 Å². The molecule has 2 unspecified atom stereocenters. The topological polar surface area (TPSA) is 199 Å². The fourth-order valence-electron chi connectivity index (χ4n) is 5.42. The summed E-state index contributed by atoms with van der Waals surface area (Å²) in [6, 6.07) is 3.96. The maximum absolute atomic E-state index is 13.0. The van der Waals surface area contributed by atoms with Crippen LogP contribution in [0.25, 0.3) is 0 Å². The Hall–Kier alpha value is -3.71. The van der Waals surface area contributed by atoms with Crippen LogP contribution in [0.5, 0.6) is 0 Å². The van der Waals surface area contributed by atoms with E-state index in [0.717, 1.165) is 16.9 Å². The first-order valence-electron chi connectivity index (χ1n) is 11.5. The molecule has 186 valence electrons. The minimum absolute atomic E-state index is 0.0556. The molecule has 5 rings (SSSR count). The molecule has 13 heteroatoms. The van der Waals surface area contributed by atoms with Crippen molar-refractivity contribution in [1.29, 1.82) is 0 Å². The van der Waals surface area contributed by atoms with Gasteiger partial charge in [0, 0.05) is 24.9 Å². The first kappa shape index (κ1) is 23.1. The summed E-state index contributed by atoms with van der Waals surface area (Å²) in [5, 5.41) is 28.5. The van der Waals surface area contributed by atoms with E-state index in [1.807, 2.05) is 13.0 Å². The lowest BCUT2D eigenvalue weighted by atomic mass is 9.84. The summed E-state index contributed by atoms with van der Waals surface area (Å²) in [5.74, 6) is -3.90. The number of nitrogens with one attached hydrogen (secondary N) is 2. The molecule has 4 aliphatic rings. The van der Waals surface area contributed by atoms with E-state index in [2.05, 4.69) is 20.6 Å². The highest BCUT2D eigenvalue weighted by Crippen LogP contribution is 2.45. The minimum atomic E-state index is -2.60. The molecule has 3 amide bonds. The van der Waals surface area contributed by atoms with Crippen LogP contribution in [-0.4, -0.2) is 92.3 Å². The van der Waals surface area contributed by atoms with Crippen molar-refractivity contribution in [1.82, 2.24) is 20.4 Å². The number of likely N-dealkylation sites (tertiary alicyclic amines) is 1. The Balaban J connectivity index is 1.46. The number of aliphatic hydroxyl groups is 2. The van der Waals surface area contributed by atoms with Gasteiger partial charge in [-0.25, -0.2) is 9.98 Å². The van der Waals surface area contributed by atoms with Gasteiger partial charge >= 0.3 is 0 Å². The fraction of sp³-hybridized carbons (Fsp3) is 0.500. The first-order valence-corrected chi connectivity index (χ1v) is 11.5. The number of carbonyl (C=O) groups is 3. The van der Waals surface area contributed by atoms with Crippen molar-refractivity contribution >= 4 is 29.6 Å². The summed E-state index contributed by atoms with van der Waals surface area (Å²) >= 11 is 0. The highest BCUT2D eigenvalue weighted by Gasteiger charge is 2.73.